The molecule has 0 bridgehead atoms. The van der Waals surface area contributed by atoms with Gasteiger partial charge in [0.2, 0.25) is 0 Å². The van der Waals surface area contributed by atoms with Crippen LogP contribution in [0.1, 0.15) is 34.3 Å². The second-order valence-electron chi connectivity index (χ2n) is 7.27. The number of nitrogens with zero attached hydrogens (tertiary/aromatic N) is 3. The molecule has 2 N–H and O–H groups in total. The summed E-state index contributed by atoms with van der Waals surface area (Å²) in [5, 5.41) is 13.3. The number of carbonyl (C=O) groups excluding carboxylic acids is 1. The molecule has 0 radical (unpaired) electrons. The first-order chi connectivity index (χ1) is 14.2. The number of aromatic hydroxyl groups is 1. The lowest BCUT2D eigenvalue weighted by Gasteiger charge is -2.24. The largest absolute Gasteiger partial charge is 0.508 e. The number of fused-ring (bicyclic) bond motifs is 2. The third-order valence-electron chi connectivity index (χ3n) is 5.32. The van der Waals surface area contributed by atoms with Gasteiger partial charge in [-0.05, 0) is 54.8 Å². The molecular formula is C22H20N4O3. The minimum absolute atomic E-state index is 0.181. The van der Waals surface area contributed by atoms with Crippen molar-refractivity contribution in [2.45, 2.75) is 25.3 Å². The van der Waals surface area contributed by atoms with Gasteiger partial charge < -0.3 is 20.1 Å². The fraction of sp³-hybridized carbons (Fsp3) is 0.227. The van der Waals surface area contributed by atoms with Gasteiger partial charge in [-0.25, -0.2) is 9.97 Å². The molecule has 0 saturated heterocycles. The van der Waals surface area contributed by atoms with Crippen LogP contribution in [-0.4, -0.2) is 34.1 Å². The van der Waals surface area contributed by atoms with Crippen molar-refractivity contribution in [3.63, 3.8) is 0 Å². The molecule has 5 rings (SSSR count). The van der Waals surface area contributed by atoms with Crippen molar-refractivity contribution in [1.82, 2.24) is 9.97 Å². The van der Waals surface area contributed by atoms with E-state index < -0.39 is 0 Å². The van der Waals surface area contributed by atoms with Crippen molar-refractivity contribution in [3.05, 3.63) is 65.5 Å². The summed E-state index contributed by atoms with van der Waals surface area (Å²) < 4.78 is 5.29. The van der Waals surface area contributed by atoms with Gasteiger partial charge in [-0.3, -0.25) is 4.79 Å². The van der Waals surface area contributed by atoms with E-state index in [0.717, 1.165) is 18.4 Å². The highest BCUT2D eigenvalue weighted by atomic mass is 16.5. The van der Waals surface area contributed by atoms with Crippen LogP contribution in [0.2, 0.25) is 0 Å². The van der Waals surface area contributed by atoms with Gasteiger partial charge in [0, 0.05) is 30.4 Å². The van der Waals surface area contributed by atoms with Gasteiger partial charge in [0.1, 0.15) is 17.3 Å². The Morgan fingerprint density at radius 1 is 1.14 bits per heavy atom. The number of anilines is 3. The lowest BCUT2D eigenvalue weighted by molar-refractivity contribution is 0.102. The Morgan fingerprint density at radius 2 is 1.97 bits per heavy atom. The maximum atomic E-state index is 13.0. The topological polar surface area (TPSA) is 87.6 Å². The number of phenols is 1. The average Bonchev–Trinajstić information content (AvgIpc) is 3.57. The number of hydrogen-bond acceptors (Lipinski definition) is 6. The van der Waals surface area contributed by atoms with E-state index in [0.29, 0.717) is 40.6 Å². The third kappa shape index (κ3) is 3.04. The predicted molar refractivity (Wildman–Crippen MR) is 109 cm³/mol. The van der Waals surface area contributed by atoms with Gasteiger partial charge in [-0.15, -0.1) is 0 Å². The van der Waals surface area contributed by atoms with Gasteiger partial charge in [0.15, 0.2) is 5.82 Å². The zero-order valence-electron chi connectivity index (χ0n) is 15.9. The monoisotopic (exact) mass is 388 g/mol. The van der Waals surface area contributed by atoms with E-state index in [4.69, 9.17) is 4.74 Å². The summed E-state index contributed by atoms with van der Waals surface area (Å²) in [6.07, 6.45) is 5.93. The molecule has 1 amide bonds. The molecule has 0 spiro atoms. The molecule has 1 fully saturated rings. The van der Waals surface area contributed by atoms with Gasteiger partial charge >= 0.3 is 0 Å². The molecule has 3 heterocycles. The van der Waals surface area contributed by atoms with Crippen molar-refractivity contribution < 1.29 is 14.6 Å². The van der Waals surface area contributed by atoms with Gasteiger partial charge in [-0.1, -0.05) is 0 Å². The Labute approximate surface area is 168 Å². The number of amides is 1. The summed E-state index contributed by atoms with van der Waals surface area (Å²) in [5.74, 6) is 1.97. The van der Waals surface area contributed by atoms with Crippen molar-refractivity contribution >= 4 is 23.2 Å². The molecule has 1 aromatic carbocycles. The van der Waals surface area contributed by atoms with Crippen LogP contribution in [0.4, 0.5) is 17.3 Å². The van der Waals surface area contributed by atoms with E-state index >= 15 is 0 Å². The van der Waals surface area contributed by atoms with E-state index in [-0.39, 0.29) is 17.7 Å². The molecular weight excluding hydrogens is 368 g/mol. The molecule has 1 aliphatic carbocycles. The van der Waals surface area contributed by atoms with Crippen LogP contribution in [0.5, 0.6) is 11.5 Å². The maximum absolute atomic E-state index is 13.0. The van der Waals surface area contributed by atoms with E-state index in [9.17, 15) is 9.90 Å². The Morgan fingerprint density at radius 3 is 2.76 bits per heavy atom. The summed E-state index contributed by atoms with van der Waals surface area (Å²) in [6, 6.07) is 10.8. The van der Waals surface area contributed by atoms with Crippen molar-refractivity contribution in [2.75, 3.05) is 17.3 Å². The van der Waals surface area contributed by atoms with Crippen LogP contribution in [0.15, 0.2) is 48.8 Å². The van der Waals surface area contributed by atoms with Gasteiger partial charge in [0.25, 0.3) is 5.91 Å². The molecule has 29 heavy (non-hydrogen) atoms. The first-order valence-electron chi connectivity index (χ1n) is 9.55. The van der Waals surface area contributed by atoms with E-state index in [1.165, 1.54) is 0 Å². The van der Waals surface area contributed by atoms with Crippen LogP contribution < -0.4 is 15.0 Å². The smallest absolute Gasteiger partial charge is 0.259 e. The highest BCUT2D eigenvalue weighted by Crippen LogP contribution is 2.44. The third-order valence-corrected chi connectivity index (χ3v) is 5.32. The maximum Gasteiger partial charge on any atom is 0.259 e. The molecule has 2 aliphatic rings. The Balaban J connectivity index is 1.63. The fourth-order valence-corrected chi connectivity index (χ4v) is 3.72. The fourth-order valence-electron chi connectivity index (χ4n) is 3.72. The van der Waals surface area contributed by atoms with E-state index in [1.54, 1.807) is 49.8 Å². The number of aromatic nitrogens is 2. The summed E-state index contributed by atoms with van der Waals surface area (Å²) in [5.41, 5.74) is 2.77. The summed E-state index contributed by atoms with van der Waals surface area (Å²) in [6.45, 7) is 0. The number of phenolic OH excluding ortho intramolecular Hbond substituents is 1. The second-order valence-corrected chi connectivity index (χ2v) is 7.27. The van der Waals surface area contributed by atoms with Crippen LogP contribution in [0, 0.1) is 0 Å². The van der Waals surface area contributed by atoms with Gasteiger partial charge in [-0.2, -0.15) is 0 Å². The van der Waals surface area contributed by atoms with Crippen LogP contribution in [-0.2, 0) is 6.42 Å². The minimum atomic E-state index is -0.207. The first-order valence-corrected chi connectivity index (χ1v) is 9.55. The van der Waals surface area contributed by atoms with E-state index in [2.05, 4.69) is 20.2 Å². The molecule has 0 unspecified atom stereocenters. The number of pyridine rings is 2. The molecule has 1 aliphatic heterocycles. The summed E-state index contributed by atoms with van der Waals surface area (Å²) >= 11 is 0. The molecule has 146 valence electrons. The number of hydrogen-bond donors (Lipinski definition) is 2. The Hall–Kier alpha value is -3.61. The quantitative estimate of drug-likeness (QED) is 0.709. The highest BCUT2D eigenvalue weighted by molar-refractivity contribution is 6.12. The molecule has 1 saturated carbocycles. The minimum Gasteiger partial charge on any atom is -0.508 e. The number of ether oxygens (including phenoxy) is 1. The number of nitrogens with one attached hydrogen (secondary N) is 1. The second kappa shape index (κ2) is 6.77. The van der Waals surface area contributed by atoms with Crippen molar-refractivity contribution in [3.8, 4) is 11.5 Å². The van der Waals surface area contributed by atoms with E-state index in [1.807, 2.05) is 6.07 Å². The molecule has 3 aromatic rings. The lowest BCUT2D eigenvalue weighted by Crippen LogP contribution is -2.22. The van der Waals surface area contributed by atoms with Crippen molar-refractivity contribution in [1.29, 1.82) is 0 Å². The normalized spacial score (nSPS) is 15.2. The Bertz CT molecular complexity index is 1110. The van der Waals surface area contributed by atoms with Crippen molar-refractivity contribution in [2.24, 2.45) is 0 Å². The number of benzene rings is 1. The number of carbonyl (C=O) groups is 1. The molecule has 0 atom stereocenters. The van der Waals surface area contributed by atoms with Crippen LogP contribution in [0.25, 0.3) is 0 Å². The van der Waals surface area contributed by atoms with Gasteiger partial charge in [0.05, 0.1) is 18.4 Å². The lowest BCUT2D eigenvalue weighted by atomic mass is 10.0. The highest BCUT2D eigenvalue weighted by Gasteiger charge is 2.38. The average molecular weight is 388 g/mol. The summed E-state index contributed by atoms with van der Waals surface area (Å²) in [7, 11) is 1.59. The van der Waals surface area contributed by atoms with Crippen LogP contribution >= 0.6 is 0 Å². The zero-order chi connectivity index (χ0) is 20.0. The Kier molecular flexibility index (Phi) is 4.08. The molecule has 7 nitrogen and oxygen atoms in total. The molecule has 2 aromatic heterocycles. The first kappa shape index (κ1) is 17.5. The SMILES string of the molecule is COc1ccc(O)c(Cc2ccnc3c2NC(=O)c2cccnc2N3C2CC2)c1. The number of methoxy groups -OCH3 is 1. The number of rotatable bonds is 4. The zero-order valence-corrected chi connectivity index (χ0v) is 15.9. The predicted octanol–water partition coefficient (Wildman–Crippen LogP) is 3.65. The standard InChI is InChI=1S/C22H20N4O3/c1-29-16-6-7-18(27)14(12-16)11-13-8-10-24-21-19(13)25-22(28)17-3-2-9-23-20(17)26(21)15-4-5-15/h2-3,6-10,12,15,27H,4-5,11H2,1H3,(H,25,28). The van der Waals surface area contributed by atoms with Crippen LogP contribution in [0.3, 0.4) is 0 Å². The molecule has 7 heteroatoms. The summed E-state index contributed by atoms with van der Waals surface area (Å²) in [4.78, 5) is 24.1.